The maximum Gasteiger partial charge on any atom is 0.271 e. The summed E-state index contributed by atoms with van der Waals surface area (Å²) < 4.78 is 5.67. The van der Waals surface area contributed by atoms with Crippen LogP contribution in [0.2, 0.25) is 0 Å². The number of fused-ring (bicyclic) bond motifs is 5. The lowest BCUT2D eigenvalue weighted by Crippen LogP contribution is -2.47. The Balaban J connectivity index is 1.49. The van der Waals surface area contributed by atoms with E-state index in [4.69, 9.17) is 4.74 Å². The molecule has 0 aromatic carbocycles. The van der Waals surface area contributed by atoms with Gasteiger partial charge in [0.1, 0.15) is 0 Å². The molecular weight excluding hydrogens is 316 g/mol. The monoisotopic (exact) mass is 334 g/mol. The summed E-state index contributed by atoms with van der Waals surface area (Å²) in [5.74, 6) is -1.90. The zero-order valence-corrected chi connectivity index (χ0v) is 13.6. The molecule has 1 aromatic heterocycles. The maximum absolute atomic E-state index is 12.5. The molecule has 3 aliphatic heterocycles. The van der Waals surface area contributed by atoms with Gasteiger partial charge in [-0.1, -0.05) is 13.3 Å². The molecule has 4 rings (SSSR count). The number of imide groups is 1. The summed E-state index contributed by atoms with van der Waals surface area (Å²) in [7, 11) is 0. The summed E-state index contributed by atoms with van der Waals surface area (Å²) in [4.78, 5) is 38.4. The highest BCUT2D eigenvalue weighted by atomic mass is 32.1. The fourth-order valence-corrected chi connectivity index (χ4v) is 4.84. The number of carbonyl (C=O) groups is 3. The minimum absolute atomic E-state index is 0.166. The summed E-state index contributed by atoms with van der Waals surface area (Å²) in [6.07, 6.45) is 3.23. The topological polar surface area (TPSA) is 75.7 Å². The first-order valence-electron chi connectivity index (χ1n) is 8.01. The lowest BCUT2D eigenvalue weighted by Gasteiger charge is -2.17. The average molecular weight is 334 g/mol. The van der Waals surface area contributed by atoms with Gasteiger partial charge >= 0.3 is 0 Å². The van der Waals surface area contributed by atoms with E-state index in [1.807, 2.05) is 6.07 Å². The molecule has 3 amide bonds. The molecule has 4 heterocycles. The number of ether oxygens (including phenoxy) is 1. The van der Waals surface area contributed by atoms with Gasteiger partial charge in [-0.2, -0.15) is 5.01 Å². The number of nitrogens with zero attached hydrogens (tertiary/aromatic N) is 1. The zero-order chi connectivity index (χ0) is 16.1. The molecule has 122 valence electrons. The molecule has 3 aliphatic rings. The lowest BCUT2D eigenvalue weighted by atomic mass is 9.81. The predicted molar refractivity (Wildman–Crippen MR) is 82.5 cm³/mol. The predicted octanol–water partition coefficient (Wildman–Crippen LogP) is 1.51. The van der Waals surface area contributed by atoms with Gasteiger partial charge in [0.15, 0.2) is 0 Å². The van der Waals surface area contributed by atoms with E-state index in [1.54, 1.807) is 5.38 Å². The third kappa shape index (κ3) is 2.21. The number of carbonyl (C=O) groups excluding carboxylic acids is 3. The van der Waals surface area contributed by atoms with Crippen molar-refractivity contribution < 1.29 is 19.1 Å². The van der Waals surface area contributed by atoms with Crippen molar-refractivity contribution in [3.63, 3.8) is 0 Å². The molecule has 0 unspecified atom stereocenters. The van der Waals surface area contributed by atoms with E-state index in [1.165, 1.54) is 11.3 Å². The van der Waals surface area contributed by atoms with E-state index in [9.17, 15) is 14.4 Å². The Morgan fingerprint density at radius 1 is 1.30 bits per heavy atom. The van der Waals surface area contributed by atoms with Gasteiger partial charge in [0, 0.05) is 10.3 Å². The van der Waals surface area contributed by atoms with Crippen molar-refractivity contribution in [2.45, 2.75) is 44.8 Å². The van der Waals surface area contributed by atoms with Gasteiger partial charge in [-0.25, -0.2) is 0 Å². The summed E-state index contributed by atoms with van der Waals surface area (Å²) in [5.41, 5.74) is 2.99. The molecule has 1 N–H and O–H groups in total. The van der Waals surface area contributed by atoms with Crippen molar-refractivity contribution in [1.82, 2.24) is 10.4 Å². The van der Waals surface area contributed by atoms with Crippen molar-refractivity contribution in [3.8, 4) is 0 Å². The molecule has 0 radical (unpaired) electrons. The molecule has 0 saturated carbocycles. The molecule has 0 spiro atoms. The Hall–Kier alpha value is -1.73. The van der Waals surface area contributed by atoms with E-state index >= 15 is 0 Å². The smallest absolute Gasteiger partial charge is 0.271 e. The van der Waals surface area contributed by atoms with E-state index in [0.717, 1.165) is 35.6 Å². The van der Waals surface area contributed by atoms with Gasteiger partial charge < -0.3 is 4.74 Å². The highest BCUT2D eigenvalue weighted by Crippen LogP contribution is 2.48. The van der Waals surface area contributed by atoms with Crippen LogP contribution >= 0.6 is 11.3 Å². The minimum atomic E-state index is -0.417. The second-order valence-electron chi connectivity index (χ2n) is 6.35. The molecule has 6 nitrogen and oxygen atoms in total. The summed E-state index contributed by atoms with van der Waals surface area (Å²) in [5, 5.41) is 2.68. The first-order chi connectivity index (χ1) is 11.1. The van der Waals surface area contributed by atoms with Crippen molar-refractivity contribution in [3.05, 3.63) is 21.9 Å². The maximum atomic E-state index is 12.5. The largest absolute Gasteiger partial charge is 0.373 e. The van der Waals surface area contributed by atoms with Gasteiger partial charge in [0.05, 0.1) is 29.6 Å². The molecule has 7 heteroatoms. The van der Waals surface area contributed by atoms with Gasteiger partial charge in [-0.15, -0.1) is 11.3 Å². The number of thiophene rings is 1. The number of rotatable bonds is 4. The van der Waals surface area contributed by atoms with Crippen LogP contribution in [0.1, 0.15) is 41.4 Å². The number of aryl methyl sites for hydroxylation is 1. The van der Waals surface area contributed by atoms with Crippen LogP contribution in [0, 0.1) is 11.8 Å². The van der Waals surface area contributed by atoms with Crippen LogP contribution in [-0.4, -0.2) is 34.9 Å². The summed E-state index contributed by atoms with van der Waals surface area (Å²) >= 11 is 1.52. The fourth-order valence-electron chi connectivity index (χ4n) is 3.87. The molecular formula is C16H18N2O4S. The number of amides is 3. The van der Waals surface area contributed by atoms with E-state index in [-0.39, 0.29) is 24.0 Å². The van der Waals surface area contributed by atoms with Gasteiger partial charge in [-0.3, -0.25) is 19.8 Å². The number of hydrogen-bond donors (Lipinski definition) is 1. The first kappa shape index (κ1) is 14.8. The van der Waals surface area contributed by atoms with E-state index < -0.39 is 17.7 Å². The zero-order valence-electron chi connectivity index (χ0n) is 12.8. The molecule has 2 bridgehead atoms. The fraction of sp³-hybridized carbons (Fsp3) is 0.562. The highest BCUT2D eigenvalue weighted by molar-refractivity contribution is 7.10. The quantitative estimate of drug-likeness (QED) is 0.847. The van der Waals surface area contributed by atoms with Gasteiger partial charge in [-0.05, 0) is 25.3 Å². The van der Waals surface area contributed by atoms with Crippen LogP contribution in [0.25, 0.3) is 0 Å². The third-order valence-corrected chi connectivity index (χ3v) is 5.91. The highest BCUT2D eigenvalue weighted by Gasteiger charge is 2.62. The Kier molecular flexibility index (Phi) is 3.50. The van der Waals surface area contributed by atoms with Crippen LogP contribution in [-0.2, 0) is 20.7 Å². The Morgan fingerprint density at radius 3 is 2.57 bits per heavy atom. The van der Waals surface area contributed by atoms with Crippen LogP contribution in [0.15, 0.2) is 11.4 Å². The van der Waals surface area contributed by atoms with E-state index in [2.05, 4.69) is 12.3 Å². The van der Waals surface area contributed by atoms with Crippen LogP contribution in [0.3, 0.4) is 0 Å². The third-order valence-electron chi connectivity index (χ3n) is 4.91. The van der Waals surface area contributed by atoms with Crippen molar-refractivity contribution >= 4 is 29.1 Å². The van der Waals surface area contributed by atoms with Crippen LogP contribution in [0.4, 0.5) is 0 Å². The van der Waals surface area contributed by atoms with Crippen LogP contribution < -0.4 is 5.43 Å². The van der Waals surface area contributed by atoms with E-state index in [0.29, 0.717) is 5.56 Å². The molecule has 23 heavy (non-hydrogen) atoms. The average Bonchev–Trinajstić information content (AvgIpc) is 3.28. The first-order valence-corrected chi connectivity index (χ1v) is 8.89. The lowest BCUT2D eigenvalue weighted by molar-refractivity contribution is -0.145. The SMILES string of the molecule is CCCc1cc(C(=O)NN2C(=O)[C@@H]3[C@@H](C2=O)[C@@H]2CC[C@@H]3O2)cs1. The minimum Gasteiger partial charge on any atom is -0.373 e. The Morgan fingerprint density at radius 2 is 1.96 bits per heavy atom. The standard InChI is InChI=1S/C16H18N2O4S/c1-2-3-9-6-8(7-23-9)14(19)17-18-15(20)12-10-4-5-11(22-10)13(12)16(18)21/h6-7,10-13H,2-5H2,1H3,(H,17,19)/t10-,11-,12-,13-/m0/s1. The number of hydrazine groups is 1. The molecule has 4 atom stereocenters. The molecule has 3 saturated heterocycles. The van der Waals surface area contributed by atoms with Crippen molar-refractivity contribution in [2.24, 2.45) is 11.8 Å². The second-order valence-corrected chi connectivity index (χ2v) is 7.34. The summed E-state index contributed by atoms with van der Waals surface area (Å²) in [6, 6.07) is 1.82. The normalized spacial score (nSPS) is 31.8. The van der Waals surface area contributed by atoms with Gasteiger partial charge in [0.25, 0.3) is 17.7 Å². The van der Waals surface area contributed by atoms with Gasteiger partial charge in [0.2, 0.25) is 0 Å². The van der Waals surface area contributed by atoms with Crippen molar-refractivity contribution in [1.29, 1.82) is 0 Å². The number of nitrogens with one attached hydrogen (secondary N) is 1. The number of hydrogen-bond acceptors (Lipinski definition) is 5. The molecule has 1 aromatic rings. The summed E-state index contributed by atoms with van der Waals surface area (Å²) in [6.45, 7) is 2.08. The van der Waals surface area contributed by atoms with Crippen molar-refractivity contribution in [2.75, 3.05) is 0 Å². The second kappa shape index (κ2) is 5.42. The Labute approximate surface area is 137 Å². The van der Waals surface area contributed by atoms with Crippen LogP contribution in [0.5, 0.6) is 0 Å². The molecule has 0 aliphatic carbocycles. The Bertz CT molecular complexity index is 657. The molecule has 3 fully saturated rings.